The standard InChI is InChI=1S/C26H32N6O3/c1-19-28-18-32(29-19)24-9-8-22(15-25(24)34-2)30-10-12-31(13-11-30)26(33)27-16-21-4-3-5-23(14-21)35-17-20-6-7-20/h3-5,8-9,14-15,18,20H,6-7,10-13,16-17H2,1-2H3,(H,27,33). The summed E-state index contributed by atoms with van der Waals surface area (Å²) in [4.78, 5) is 21.1. The van der Waals surface area contributed by atoms with E-state index < -0.39 is 0 Å². The molecule has 0 spiro atoms. The van der Waals surface area contributed by atoms with E-state index in [1.165, 1.54) is 12.8 Å². The van der Waals surface area contributed by atoms with Gasteiger partial charge < -0.3 is 24.6 Å². The lowest BCUT2D eigenvalue weighted by Crippen LogP contribution is -2.51. The van der Waals surface area contributed by atoms with Gasteiger partial charge in [-0.25, -0.2) is 14.5 Å². The minimum Gasteiger partial charge on any atom is -0.494 e. The van der Waals surface area contributed by atoms with Crippen molar-refractivity contribution >= 4 is 11.7 Å². The summed E-state index contributed by atoms with van der Waals surface area (Å²) in [7, 11) is 1.66. The first kappa shape index (κ1) is 23.0. The van der Waals surface area contributed by atoms with Gasteiger partial charge in [-0.2, -0.15) is 5.10 Å². The van der Waals surface area contributed by atoms with Gasteiger partial charge in [0.2, 0.25) is 0 Å². The van der Waals surface area contributed by atoms with Crippen molar-refractivity contribution in [3.63, 3.8) is 0 Å². The Kier molecular flexibility index (Phi) is 6.74. The molecule has 2 amide bonds. The van der Waals surface area contributed by atoms with Crippen molar-refractivity contribution in [2.75, 3.05) is 44.8 Å². The number of hydrogen-bond acceptors (Lipinski definition) is 6. The van der Waals surface area contributed by atoms with E-state index in [4.69, 9.17) is 9.47 Å². The zero-order chi connectivity index (χ0) is 24.2. The first-order valence-corrected chi connectivity index (χ1v) is 12.1. The van der Waals surface area contributed by atoms with E-state index in [2.05, 4.69) is 26.4 Å². The van der Waals surface area contributed by atoms with Crippen LogP contribution in [0.5, 0.6) is 11.5 Å². The molecule has 1 saturated carbocycles. The van der Waals surface area contributed by atoms with E-state index in [0.29, 0.717) is 31.4 Å². The minimum atomic E-state index is -0.0385. The van der Waals surface area contributed by atoms with Crippen LogP contribution in [0, 0.1) is 12.8 Å². The fourth-order valence-electron chi connectivity index (χ4n) is 4.22. The molecule has 1 aliphatic heterocycles. The maximum absolute atomic E-state index is 12.8. The number of carbonyl (C=O) groups is 1. The van der Waals surface area contributed by atoms with Gasteiger partial charge in [0.15, 0.2) is 0 Å². The molecule has 2 aromatic carbocycles. The van der Waals surface area contributed by atoms with Crippen LogP contribution in [0.25, 0.3) is 5.69 Å². The molecule has 1 saturated heterocycles. The van der Waals surface area contributed by atoms with Crippen molar-refractivity contribution in [2.45, 2.75) is 26.3 Å². The van der Waals surface area contributed by atoms with Crippen LogP contribution in [0.4, 0.5) is 10.5 Å². The molecule has 184 valence electrons. The Morgan fingerprint density at radius 1 is 1.11 bits per heavy atom. The summed E-state index contributed by atoms with van der Waals surface area (Å²) in [5.74, 6) is 3.03. The number of carbonyl (C=O) groups excluding carboxylic acids is 1. The third kappa shape index (κ3) is 5.67. The van der Waals surface area contributed by atoms with Crippen molar-refractivity contribution in [1.29, 1.82) is 0 Å². The van der Waals surface area contributed by atoms with Crippen LogP contribution in [0.2, 0.25) is 0 Å². The van der Waals surface area contributed by atoms with Gasteiger partial charge >= 0.3 is 6.03 Å². The number of amides is 2. The molecule has 2 heterocycles. The lowest BCUT2D eigenvalue weighted by atomic mass is 10.2. The Morgan fingerprint density at radius 3 is 2.66 bits per heavy atom. The average molecular weight is 477 g/mol. The number of rotatable bonds is 8. The maximum Gasteiger partial charge on any atom is 0.317 e. The first-order valence-electron chi connectivity index (χ1n) is 12.1. The van der Waals surface area contributed by atoms with Gasteiger partial charge in [0.25, 0.3) is 0 Å². The zero-order valence-electron chi connectivity index (χ0n) is 20.3. The number of piperazine rings is 1. The highest BCUT2D eigenvalue weighted by Gasteiger charge is 2.23. The van der Waals surface area contributed by atoms with Gasteiger partial charge in [0.1, 0.15) is 29.3 Å². The lowest BCUT2D eigenvalue weighted by molar-refractivity contribution is 0.194. The molecule has 5 rings (SSSR count). The topological polar surface area (TPSA) is 84.8 Å². The van der Waals surface area contributed by atoms with E-state index in [1.807, 2.05) is 48.2 Å². The van der Waals surface area contributed by atoms with Crippen LogP contribution < -0.4 is 19.7 Å². The highest BCUT2D eigenvalue weighted by atomic mass is 16.5. The molecular weight excluding hydrogens is 444 g/mol. The highest BCUT2D eigenvalue weighted by molar-refractivity contribution is 5.74. The summed E-state index contributed by atoms with van der Waals surface area (Å²) in [6.45, 7) is 5.95. The fourth-order valence-corrected chi connectivity index (χ4v) is 4.22. The summed E-state index contributed by atoms with van der Waals surface area (Å²) in [5, 5.41) is 7.43. The van der Waals surface area contributed by atoms with Gasteiger partial charge in [-0.05, 0) is 55.5 Å². The molecule has 9 heteroatoms. The van der Waals surface area contributed by atoms with Crippen LogP contribution in [0.3, 0.4) is 0 Å². The molecule has 2 aliphatic rings. The molecule has 0 radical (unpaired) electrons. The molecule has 35 heavy (non-hydrogen) atoms. The minimum absolute atomic E-state index is 0.0385. The van der Waals surface area contributed by atoms with Crippen molar-refractivity contribution in [3.05, 3.63) is 60.2 Å². The van der Waals surface area contributed by atoms with Gasteiger partial charge in [-0.3, -0.25) is 0 Å². The zero-order valence-corrected chi connectivity index (χ0v) is 20.3. The molecule has 3 aromatic rings. The second-order valence-electron chi connectivity index (χ2n) is 9.13. The third-order valence-electron chi connectivity index (χ3n) is 6.47. The number of aryl methyl sites for hydroxylation is 1. The Balaban J connectivity index is 1.13. The predicted molar refractivity (Wildman–Crippen MR) is 133 cm³/mol. The van der Waals surface area contributed by atoms with Gasteiger partial charge in [-0.1, -0.05) is 12.1 Å². The summed E-state index contributed by atoms with van der Waals surface area (Å²) in [6.07, 6.45) is 4.22. The number of anilines is 1. The van der Waals surface area contributed by atoms with Crippen LogP contribution in [0.1, 0.15) is 24.2 Å². The maximum atomic E-state index is 12.8. The van der Waals surface area contributed by atoms with Gasteiger partial charge in [0.05, 0.1) is 13.7 Å². The summed E-state index contributed by atoms with van der Waals surface area (Å²) in [6, 6.07) is 14.0. The number of ether oxygens (including phenoxy) is 2. The smallest absolute Gasteiger partial charge is 0.317 e. The van der Waals surface area contributed by atoms with Crippen LogP contribution >= 0.6 is 0 Å². The summed E-state index contributed by atoms with van der Waals surface area (Å²) >= 11 is 0. The van der Waals surface area contributed by atoms with E-state index in [0.717, 1.165) is 48.1 Å². The second-order valence-corrected chi connectivity index (χ2v) is 9.13. The summed E-state index contributed by atoms with van der Waals surface area (Å²) < 4.78 is 13.2. The molecule has 0 bridgehead atoms. The van der Waals surface area contributed by atoms with E-state index in [1.54, 1.807) is 18.1 Å². The number of nitrogens with zero attached hydrogens (tertiary/aromatic N) is 5. The van der Waals surface area contributed by atoms with Gasteiger partial charge in [-0.15, -0.1) is 0 Å². The lowest BCUT2D eigenvalue weighted by Gasteiger charge is -2.36. The van der Waals surface area contributed by atoms with E-state index in [9.17, 15) is 4.79 Å². The van der Waals surface area contributed by atoms with Crippen LogP contribution in [-0.2, 0) is 6.54 Å². The van der Waals surface area contributed by atoms with E-state index >= 15 is 0 Å². The van der Waals surface area contributed by atoms with Crippen LogP contribution in [0.15, 0.2) is 48.8 Å². The summed E-state index contributed by atoms with van der Waals surface area (Å²) in [5.41, 5.74) is 2.95. The number of hydrogen-bond donors (Lipinski definition) is 1. The Morgan fingerprint density at radius 2 is 1.94 bits per heavy atom. The number of urea groups is 1. The fraction of sp³-hybridized carbons (Fsp3) is 0.423. The van der Waals surface area contributed by atoms with Gasteiger partial charge in [0, 0.05) is 44.5 Å². The second kappa shape index (κ2) is 10.2. The van der Waals surface area contributed by atoms with Crippen LogP contribution in [-0.4, -0.2) is 65.6 Å². The highest BCUT2D eigenvalue weighted by Crippen LogP contribution is 2.30. The Labute approximate surface area is 205 Å². The predicted octanol–water partition coefficient (Wildman–Crippen LogP) is 3.40. The first-order chi connectivity index (χ1) is 17.1. The molecule has 1 aromatic heterocycles. The molecule has 9 nitrogen and oxygen atoms in total. The van der Waals surface area contributed by atoms with Crippen molar-refractivity contribution in [2.24, 2.45) is 5.92 Å². The quantitative estimate of drug-likeness (QED) is 0.536. The SMILES string of the molecule is COc1cc(N2CCN(C(=O)NCc3cccc(OCC4CC4)c3)CC2)ccc1-n1cnc(C)n1. The Bertz CT molecular complexity index is 1170. The third-order valence-corrected chi connectivity index (χ3v) is 6.47. The van der Waals surface area contributed by atoms with Crippen molar-refractivity contribution in [3.8, 4) is 17.2 Å². The Hall–Kier alpha value is -3.75. The van der Waals surface area contributed by atoms with Crippen molar-refractivity contribution in [1.82, 2.24) is 25.0 Å². The number of nitrogens with one attached hydrogen (secondary N) is 1. The molecule has 0 unspecified atom stereocenters. The monoisotopic (exact) mass is 476 g/mol. The molecular formula is C26H32N6O3. The molecule has 1 N–H and O–H groups in total. The molecule has 2 fully saturated rings. The molecule has 1 aliphatic carbocycles. The molecule has 0 atom stereocenters. The largest absolute Gasteiger partial charge is 0.494 e. The number of methoxy groups -OCH3 is 1. The van der Waals surface area contributed by atoms with Crippen molar-refractivity contribution < 1.29 is 14.3 Å². The number of benzene rings is 2. The van der Waals surface area contributed by atoms with E-state index in [-0.39, 0.29) is 6.03 Å². The number of aromatic nitrogens is 3. The average Bonchev–Trinajstić information content (AvgIpc) is 3.64. The normalized spacial score (nSPS) is 15.7.